The molecule has 0 unspecified atom stereocenters. The van der Waals surface area contributed by atoms with E-state index in [2.05, 4.69) is 0 Å². The predicted molar refractivity (Wildman–Crippen MR) is 134 cm³/mol. The van der Waals surface area contributed by atoms with Crippen molar-refractivity contribution in [1.82, 2.24) is 4.31 Å². The summed E-state index contributed by atoms with van der Waals surface area (Å²) in [5.74, 6) is -0.564. The molecule has 0 atom stereocenters. The lowest BCUT2D eigenvalue weighted by Gasteiger charge is -2.22. The third-order valence-electron chi connectivity index (χ3n) is 5.47. The molecule has 4 aromatic carbocycles. The average Bonchev–Trinajstić information content (AvgIpc) is 2.86. The molecule has 0 radical (unpaired) electrons. The van der Waals surface area contributed by atoms with Crippen molar-refractivity contribution in [3.63, 3.8) is 0 Å². The van der Waals surface area contributed by atoms with Gasteiger partial charge in [0.1, 0.15) is 16.5 Å². The Morgan fingerprint density at radius 2 is 1.47 bits per heavy atom. The summed E-state index contributed by atoms with van der Waals surface area (Å²) in [5.41, 5.74) is 0.516. The Kier molecular flexibility index (Phi) is 7.70. The smallest absolute Gasteiger partial charge is 0.339 e. The summed E-state index contributed by atoms with van der Waals surface area (Å²) in [5, 5.41) is 1.72. The van der Waals surface area contributed by atoms with E-state index in [1.807, 2.05) is 24.3 Å². The number of sulfonamides is 1. The number of nitrogens with zero attached hydrogens (tertiary/aromatic N) is 1. The van der Waals surface area contributed by atoms with Gasteiger partial charge in [-0.3, -0.25) is 0 Å². The molecule has 0 fully saturated rings. The first-order valence-corrected chi connectivity index (χ1v) is 13.8. The number of fused-ring (bicyclic) bond motifs is 1. The first kappa shape index (κ1) is 25.8. The maximum absolute atomic E-state index is 13.5. The molecule has 36 heavy (non-hydrogen) atoms. The summed E-state index contributed by atoms with van der Waals surface area (Å²) in [4.78, 5) is -0.0569. The van der Waals surface area contributed by atoms with E-state index >= 15 is 0 Å². The van der Waals surface area contributed by atoms with Crippen LogP contribution in [0.5, 0.6) is 5.75 Å². The molecular weight excluding hydrogens is 505 g/mol. The summed E-state index contributed by atoms with van der Waals surface area (Å²) >= 11 is 0. The number of rotatable bonds is 10. The van der Waals surface area contributed by atoms with Crippen molar-refractivity contribution in [2.75, 3.05) is 20.3 Å². The van der Waals surface area contributed by atoms with E-state index in [1.165, 1.54) is 23.5 Å². The van der Waals surface area contributed by atoms with E-state index < -0.39 is 26.0 Å². The average molecular weight is 530 g/mol. The standard InChI is InChI=1S/C26H24FNO6S2/c1-33-16-15-28(35(29,30)26-12-9-21-6-2-3-7-22(21)18-26)19-20-5-4-8-24(17-20)34-36(31,32)25-13-10-23(27)11-14-25/h2-14,17-18H,15-16,19H2,1H3. The molecule has 0 spiro atoms. The van der Waals surface area contributed by atoms with Crippen LogP contribution in [0.25, 0.3) is 10.8 Å². The third kappa shape index (κ3) is 5.90. The summed E-state index contributed by atoms with van der Waals surface area (Å²) in [6.07, 6.45) is 0. The zero-order valence-corrected chi connectivity index (χ0v) is 21.0. The number of halogens is 1. The molecule has 7 nitrogen and oxygen atoms in total. The van der Waals surface area contributed by atoms with Gasteiger partial charge in [-0.25, -0.2) is 12.8 Å². The number of benzene rings is 4. The van der Waals surface area contributed by atoms with E-state index in [-0.39, 0.29) is 35.2 Å². The van der Waals surface area contributed by atoms with Gasteiger partial charge in [0, 0.05) is 20.2 Å². The largest absolute Gasteiger partial charge is 0.383 e. The lowest BCUT2D eigenvalue weighted by molar-refractivity contribution is 0.177. The van der Waals surface area contributed by atoms with Gasteiger partial charge in [0.15, 0.2) is 0 Å². The van der Waals surface area contributed by atoms with Crippen LogP contribution in [0.15, 0.2) is 101 Å². The second-order valence-electron chi connectivity index (χ2n) is 7.98. The Bertz CT molecular complexity index is 1570. The van der Waals surface area contributed by atoms with E-state index in [0.29, 0.717) is 5.56 Å². The number of hydrogen-bond acceptors (Lipinski definition) is 6. The molecule has 0 saturated carbocycles. The topological polar surface area (TPSA) is 90.0 Å². The van der Waals surface area contributed by atoms with Gasteiger partial charge in [0.25, 0.3) is 0 Å². The molecule has 4 aromatic rings. The highest BCUT2D eigenvalue weighted by Gasteiger charge is 2.25. The van der Waals surface area contributed by atoms with Gasteiger partial charge in [-0.05, 0) is 64.9 Å². The zero-order chi connectivity index (χ0) is 25.8. The van der Waals surface area contributed by atoms with Crippen LogP contribution in [0, 0.1) is 5.82 Å². The first-order valence-electron chi connectivity index (χ1n) is 11.0. The molecule has 0 aliphatic carbocycles. The van der Waals surface area contributed by atoms with Crippen molar-refractivity contribution in [2.24, 2.45) is 0 Å². The molecule has 188 valence electrons. The van der Waals surface area contributed by atoms with E-state index in [1.54, 1.807) is 30.3 Å². The Morgan fingerprint density at radius 1 is 0.778 bits per heavy atom. The summed E-state index contributed by atoms with van der Waals surface area (Å²) in [7, 11) is -6.62. The van der Waals surface area contributed by atoms with Crippen LogP contribution < -0.4 is 4.18 Å². The molecule has 0 N–H and O–H groups in total. The summed E-state index contributed by atoms with van der Waals surface area (Å²) < 4.78 is 77.0. The minimum absolute atomic E-state index is 0.00613. The minimum Gasteiger partial charge on any atom is -0.383 e. The second kappa shape index (κ2) is 10.8. The molecular formula is C26H24FNO6S2. The SMILES string of the molecule is COCCN(Cc1cccc(OS(=O)(=O)c2ccc(F)cc2)c1)S(=O)(=O)c1ccc2ccccc2c1. The first-order chi connectivity index (χ1) is 17.2. The van der Waals surface area contributed by atoms with Crippen molar-refractivity contribution in [1.29, 1.82) is 0 Å². The van der Waals surface area contributed by atoms with Gasteiger partial charge in [-0.2, -0.15) is 12.7 Å². The van der Waals surface area contributed by atoms with Crippen LogP contribution in [0.1, 0.15) is 5.56 Å². The van der Waals surface area contributed by atoms with Crippen molar-refractivity contribution in [2.45, 2.75) is 16.3 Å². The highest BCUT2D eigenvalue weighted by atomic mass is 32.2. The van der Waals surface area contributed by atoms with Crippen molar-refractivity contribution in [3.8, 4) is 5.75 Å². The summed E-state index contributed by atoms with van der Waals surface area (Å²) in [6.45, 7) is 0.221. The molecule has 10 heteroatoms. The monoisotopic (exact) mass is 529 g/mol. The van der Waals surface area contributed by atoms with Crippen LogP contribution >= 0.6 is 0 Å². The van der Waals surface area contributed by atoms with Crippen LogP contribution in [-0.4, -0.2) is 41.4 Å². The Balaban J connectivity index is 1.60. The third-order valence-corrected chi connectivity index (χ3v) is 8.57. The normalized spacial score (nSPS) is 12.2. The molecule has 4 rings (SSSR count). The molecule has 0 amide bonds. The number of hydrogen-bond donors (Lipinski definition) is 0. The Labute approximate surface area is 209 Å². The van der Waals surface area contributed by atoms with Crippen molar-refractivity contribution < 1.29 is 30.1 Å². The molecule has 0 saturated heterocycles. The number of methoxy groups -OCH3 is 1. The molecule has 0 aliphatic rings. The van der Waals surface area contributed by atoms with Gasteiger partial charge in [0.2, 0.25) is 10.0 Å². The highest BCUT2D eigenvalue weighted by Crippen LogP contribution is 2.25. The van der Waals surface area contributed by atoms with Gasteiger partial charge in [-0.1, -0.05) is 42.5 Å². The molecule has 0 heterocycles. The van der Waals surface area contributed by atoms with E-state index in [9.17, 15) is 21.2 Å². The van der Waals surface area contributed by atoms with Crippen molar-refractivity contribution >= 4 is 30.9 Å². The fourth-order valence-electron chi connectivity index (χ4n) is 3.63. The van der Waals surface area contributed by atoms with Crippen LogP contribution in [-0.2, 0) is 31.4 Å². The van der Waals surface area contributed by atoms with Crippen molar-refractivity contribution in [3.05, 3.63) is 102 Å². The maximum atomic E-state index is 13.5. The zero-order valence-electron chi connectivity index (χ0n) is 19.4. The van der Waals surface area contributed by atoms with Crippen LogP contribution in [0.4, 0.5) is 4.39 Å². The Morgan fingerprint density at radius 3 is 2.19 bits per heavy atom. The quantitative estimate of drug-likeness (QED) is 0.279. The molecule has 0 aromatic heterocycles. The lowest BCUT2D eigenvalue weighted by atomic mass is 10.1. The van der Waals surface area contributed by atoms with Gasteiger partial charge < -0.3 is 8.92 Å². The number of ether oxygens (including phenoxy) is 1. The van der Waals surface area contributed by atoms with Crippen LogP contribution in [0.3, 0.4) is 0 Å². The van der Waals surface area contributed by atoms with E-state index in [0.717, 1.165) is 35.0 Å². The van der Waals surface area contributed by atoms with E-state index in [4.69, 9.17) is 8.92 Å². The van der Waals surface area contributed by atoms with Gasteiger partial charge >= 0.3 is 10.1 Å². The van der Waals surface area contributed by atoms with Gasteiger partial charge in [-0.15, -0.1) is 0 Å². The lowest BCUT2D eigenvalue weighted by Crippen LogP contribution is -2.33. The minimum atomic E-state index is -4.20. The molecule has 0 aliphatic heterocycles. The summed E-state index contributed by atoms with van der Waals surface area (Å²) in [6, 6.07) is 22.8. The Hall–Kier alpha value is -3.31. The predicted octanol–water partition coefficient (Wildman–Crippen LogP) is 4.58. The fraction of sp³-hybridized carbons (Fsp3) is 0.154. The second-order valence-corrected chi connectivity index (χ2v) is 11.5. The van der Waals surface area contributed by atoms with Gasteiger partial charge in [0.05, 0.1) is 11.5 Å². The maximum Gasteiger partial charge on any atom is 0.339 e. The highest BCUT2D eigenvalue weighted by molar-refractivity contribution is 7.89. The molecule has 0 bridgehead atoms. The van der Waals surface area contributed by atoms with Crippen LogP contribution in [0.2, 0.25) is 0 Å². The fourth-order valence-corrected chi connectivity index (χ4v) is 6.00.